The van der Waals surface area contributed by atoms with Crippen molar-refractivity contribution in [3.8, 4) is 11.5 Å². The molecule has 0 spiro atoms. The van der Waals surface area contributed by atoms with E-state index in [4.69, 9.17) is 20.8 Å². The van der Waals surface area contributed by atoms with Crippen molar-refractivity contribution in [3.05, 3.63) is 52.3 Å². The van der Waals surface area contributed by atoms with Gasteiger partial charge in [-0.2, -0.15) is 0 Å². The Morgan fingerprint density at radius 3 is 2.93 bits per heavy atom. The summed E-state index contributed by atoms with van der Waals surface area (Å²) in [5, 5.41) is 9.04. The lowest BCUT2D eigenvalue weighted by Crippen LogP contribution is -2.17. The van der Waals surface area contributed by atoms with Crippen molar-refractivity contribution >= 4 is 29.1 Å². The Morgan fingerprint density at radius 2 is 2.17 bits per heavy atom. The highest BCUT2D eigenvalue weighted by atomic mass is 35.5. The lowest BCUT2D eigenvalue weighted by atomic mass is 10.2. The lowest BCUT2D eigenvalue weighted by molar-refractivity contribution is 0.0957. The van der Waals surface area contributed by atoms with Crippen molar-refractivity contribution in [1.29, 1.82) is 0 Å². The maximum atomic E-state index is 12.8. The second-order valence-electron chi connectivity index (χ2n) is 7.13. The van der Waals surface area contributed by atoms with Crippen LogP contribution in [0.1, 0.15) is 34.6 Å². The number of hydrogen-bond donors (Lipinski definition) is 0. The highest BCUT2D eigenvalue weighted by molar-refractivity contribution is 7.99. The van der Waals surface area contributed by atoms with Crippen LogP contribution in [0.3, 0.4) is 0 Å². The van der Waals surface area contributed by atoms with E-state index < -0.39 is 0 Å². The van der Waals surface area contributed by atoms with E-state index in [9.17, 15) is 4.79 Å². The first kappa shape index (κ1) is 20.2. The van der Waals surface area contributed by atoms with Crippen LogP contribution in [0.4, 0.5) is 0 Å². The Bertz CT molecular complexity index is 1020. The molecule has 1 atom stereocenters. The molecule has 4 rings (SSSR count). The van der Waals surface area contributed by atoms with Gasteiger partial charge in [0.1, 0.15) is 0 Å². The van der Waals surface area contributed by atoms with E-state index in [1.165, 1.54) is 11.8 Å². The van der Waals surface area contributed by atoms with Crippen LogP contribution in [0.15, 0.2) is 40.0 Å². The topological polar surface area (TPSA) is 70.2 Å². The van der Waals surface area contributed by atoms with Crippen molar-refractivity contribution in [2.75, 3.05) is 12.4 Å². The molecule has 1 saturated heterocycles. The van der Waals surface area contributed by atoms with Crippen LogP contribution in [-0.2, 0) is 11.3 Å². The predicted octanol–water partition coefficient (Wildman–Crippen LogP) is 4.96. The summed E-state index contributed by atoms with van der Waals surface area (Å²) in [5.41, 5.74) is 3.55. The molecule has 0 radical (unpaired) electrons. The van der Waals surface area contributed by atoms with E-state index in [0.717, 1.165) is 48.5 Å². The number of ether oxygens (including phenoxy) is 1. The smallest absolute Gasteiger partial charge is 0.277 e. The van der Waals surface area contributed by atoms with Gasteiger partial charge in [-0.3, -0.25) is 4.79 Å². The standard InChI is InChI=1S/C21H22ClN3O3S/c1-13-9-18(14(2)25(13)11-17-7-4-8-27-17)19(26)12-29-21-24-23-20(28-21)15-5-3-6-16(22)10-15/h3,5-6,9-10,17H,4,7-8,11-12H2,1-2H3. The van der Waals surface area contributed by atoms with Crippen LogP contribution in [-0.4, -0.2) is 39.0 Å². The fourth-order valence-corrected chi connectivity index (χ4v) is 4.40. The Hall–Kier alpha value is -2.09. The molecule has 29 heavy (non-hydrogen) atoms. The van der Waals surface area contributed by atoms with E-state index in [1.54, 1.807) is 12.1 Å². The molecule has 3 heterocycles. The van der Waals surface area contributed by atoms with Crippen LogP contribution >= 0.6 is 23.4 Å². The average Bonchev–Trinajstić information content (AvgIpc) is 3.44. The van der Waals surface area contributed by atoms with Crippen molar-refractivity contribution in [2.24, 2.45) is 0 Å². The van der Waals surface area contributed by atoms with Crippen molar-refractivity contribution in [1.82, 2.24) is 14.8 Å². The number of halogens is 1. The van der Waals surface area contributed by atoms with Gasteiger partial charge in [-0.15, -0.1) is 10.2 Å². The summed E-state index contributed by atoms with van der Waals surface area (Å²) in [6.07, 6.45) is 2.41. The maximum Gasteiger partial charge on any atom is 0.277 e. The van der Waals surface area contributed by atoms with Gasteiger partial charge >= 0.3 is 0 Å². The van der Waals surface area contributed by atoms with Gasteiger partial charge in [0.15, 0.2) is 5.78 Å². The highest BCUT2D eigenvalue weighted by Gasteiger charge is 2.21. The monoisotopic (exact) mass is 431 g/mol. The van der Waals surface area contributed by atoms with Gasteiger partial charge in [-0.25, -0.2) is 0 Å². The number of aryl methyl sites for hydroxylation is 1. The Morgan fingerprint density at radius 1 is 1.31 bits per heavy atom. The number of carbonyl (C=O) groups excluding carboxylic acids is 1. The SMILES string of the molecule is Cc1cc(C(=O)CSc2nnc(-c3cccc(Cl)c3)o2)c(C)n1CC1CCCO1. The minimum Gasteiger partial charge on any atom is -0.411 e. The fourth-order valence-electron chi connectivity index (χ4n) is 3.57. The Labute approximate surface area is 178 Å². The largest absolute Gasteiger partial charge is 0.411 e. The average molecular weight is 432 g/mol. The summed E-state index contributed by atoms with van der Waals surface area (Å²) in [5.74, 6) is 0.669. The van der Waals surface area contributed by atoms with Crippen molar-refractivity contribution < 1.29 is 13.9 Å². The van der Waals surface area contributed by atoms with Gasteiger partial charge in [0.2, 0.25) is 5.89 Å². The summed E-state index contributed by atoms with van der Waals surface area (Å²) < 4.78 is 13.6. The zero-order valence-corrected chi connectivity index (χ0v) is 17.9. The van der Waals surface area contributed by atoms with Gasteiger partial charge in [-0.05, 0) is 51.0 Å². The van der Waals surface area contributed by atoms with Gasteiger partial charge in [0.25, 0.3) is 5.22 Å². The first-order chi connectivity index (χ1) is 14.0. The molecule has 6 nitrogen and oxygen atoms in total. The predicted molar refractivity (Wildman–Crippen MR) is 113 cm³/mol. The van der Waals surface area contributed by atoms with Gasteiger partial charge in [0, 0.05) is 40.7 Å². The maximum absolute atomic E-state index is 12.8. The fraction of sp³-hybridized carbons (Fsp3) is 0.381. The molecule has 1 fully saturated rings. The molecule has 1 aromatic carbocycles. The summed E-state index contributed by atoms with van der Waals surface area (Å²) in [4.78, 5) is 12.8. The summed E-state index contributed by atoms with van der Waals surface area (Å²) in [6, 6.07) is 9.17. The normalized spacial score (nSPS) is 16.4. The molecule has 0 amide bonds. The second kappa shape index (κ2) is 8.73. The molecule has 152 valence electrons. The third-order valence-electron chi connectivity index (χ3n) is 5.09. The van der Waals surface area contributed by atoms with Gasteiger partial charge in [0.05, 0.1) is 11.9 Å². The van der Waals surface area contributed by atoms with Crippen LogP contribution in [0.25, 0.3) is 11.5 Å². The first-order valence-corrected chi connectivity index (χ1v) is 10.9. The third-order valence-corrected chi connectivity index (χ3v) is 6.14. The number of aromatic nitrogens is 3. The zero-order valence-electron chi connectivity index (χ0n) is 16.4. The number of rotatable bonds is 7. The summed E-state index contributed by atoms with van der Waals surface area (Å²) >= 11 is 7.25. The first-order valence-electron chi connectivity index (χ1n) is 9.55. The summed E-state index contributed by atoms with van der Waals surface area (Å²) in [7, 11) is 0. The van der Waals surface area contributed by atoms with Crippen molar-refractivity contribution in [3.63, 3.8) is 0 Å². The highest BCUT2D eigenvalue weighted by Crippen LogP contribution is 2.27. The number of thioether (sulfide) groups is 1. The number of hydrogen-bond acceptors (Lipinski definition) is 6. The molecule has 1 aliphatic heterocycles. The Kier molecular flexibility index (Phi) is 6.08. The molecule has 0 N–H and O–H groups in total. The van der Waals surface area contributed by atoms with Gasteiger partial charge in [-0.1, -0.05) is 29.4 Å². The van der Waals surface area contributed by atoms with Crippen LogP contribution in [0.2, 0.25) is 5.02 Å². The molecule has 1 aliphatic rings. The van der Waals surface area contributed by atoms with E-state index in [0.29, 0.717) is 16.1 Å². The van der Waals surface area contributed by atoms with Crippen LogP contribution in [0.5, 0.6) is 0 Å². The number of benzene rings is 1. The minimum atomic E-state index is 0.0456. The van der Waals surface area contributed by atoms with Crippen LogP contribution in [0, 0.1) is 13.8 Å². The molecule has 0 bridgehead atoms. The van der Waals surface area contributed by atoms with Crippen LogP contribution < -0.4 is 0 Å². The van der Waals surface area contributed by atoms with E-state index in [-0.39, 0.29) is 17.6 Å². The Balaban J connectivity index is 1.41. The molecular formula is C21H22ClN3O3S. The molecule has 0 aliphatic carbocycles. The molecule has 1 unspecified atom stereocenters. The number of ketones is 1. The molecule has 3 aromatic rings. The molecule has 8 heteroatoms. The van der Waals surface area contributed by atoms with Crippen molar-refractivity contribution in [2.45, 2.75) is 44.6 Å². The zero-order chi connectivity index (χ0) is 20.4. The quantitative estimate of drug-likeness (QED) is 0.389. The number of Topliss-reactive ketones (excluding diaryl/α,β-unsaturated/α-hetero) is 1. The minimum absolute atomic E-state index is 0.0456. The summed E-state index contributed by atoms with van der Waals surface area (Å²) in [6.45, 7) is 5.64. The number of nitrogens with zero attached hydrogens (tertiary/aromatic N) is 3. The second-order valence-corrected chi connectivity index (χ2v) is 8.49. The van der Waals surface area contributed by atoms with E-state index >= 15 is 0 Å². The van der Waals surface area contributed by atoms with E-state index in [2.05, 4.69) is 14.8 Å². The van der Waals surface area contributed by atoms with Gasteiger partial charge < -0.3 is 13.7 Å². The molecule has 0 saturated carbocycles. The molecule has 2 aromatic heterocycles. The lowest BCUT2D eigenvalue weighted by Gasteiger charge is -2.14. The number of carbonyl (C=O) groups is 1. The molecular weight excluding hydrogens is 410 g/mol. The van der Waals surface area contributed by atoms with E-state index in [1.807, 2.05) is 32.0 Å². The third kappa shape index (κ3) is 4.57.